The molecule has 0 spiro atoms. The van der Waals surface area contributed by atoms with E-state index in [-0.39, 0.29) is 0 Å². The quantitative estimate of drug-likeness (QED) is 0.238. The second-order valence-corrected chi connectivity index (χ2v) is 6.16. The molecule has 10 nitrogen and oxygen atoms in total. The van der Waals surface area contributed by atoms with Crippen molar-refractivity contribution in [2.75, 3.05) is 6.61 Å². The minimum atomic E-state index is -5.23. The fourth-order valence-corrected chi connectivity index (χ4v) is 2.42. The zero-order valence-electron chi connectivity index (χ0n) is 9.64. The molecule has 1 rings (SSSR count). The summed E-state index contributed by atoms with van der Waals surface area (Å²) >= 11 is 0. The minimum Gasteiger partial charge on any atom is -0.394 e. The van der Waals surface area contributed by atoms with Crippen LogP contribution in [0.5, 0.6) is 0 Å². The molecule has 0 radical (unpaired) electrons. The van der Waals surface area contributed by atoms with E-state index in [0.29, 0.717) is 0 Å². The molecule has 19 heavy (non-hydrogen) atoms. The fraction of sp³-hybridized carbons (Fsp3) is 1.00. The van der Waals surface area contributed by atoms with Crippen LogP contribution in [0.3, 0.4) is 0 Å². The molecule has 114 valence electrons. The Morgan fingerprint density at radius 3 is 2.26 bits per heavy atom. The summed E-state index contributed by atoms with van der Waals surface area (Å²) in [5.74, 6) is 0. The van der Waals surface area contributed by atoms with E-state index < -0.39 is 56.7 Å². The highest BCUT2D eigenvalue weighted by atomic mass is 31.2. The molecule has 1 aliphatic heterocycles. The molecule has 0 aromatic heterocycles. The lowest BCUT2D eigenvalue weighted by molar-refractivity contribution is -0.290. The van der Waals surface area contributed by atoms with Crippen molar-refractivity contribution in [3.63, 3.8) is 0 Å². The lowest BCUT2D eigenvalue weighted by atomic mass is 9.95. The van der Waals surface area contributed by atoms with Crippen LogP contribution in [0, 0.1) is 0 Å². The Labute approximate surface area is 107 Å². The van der Waals surface area contributed by atoms with Gasteiger partial charge in [-0.15, -0.1) is 0 Å². The highest BCUT2D eigenvalue weighted by molar-refractivity contribution is 7.53. The van der Waals surface area contributed by atoms with Crippen LogP contribution in [0.1, 0.15) is 6.42 Å². The number of hydrogen-bond donors (Lipinski definition) is 8. The molecule has 0 unspecified atom stereocenters. The summed E-state index contributed by atoms with van der Waals surface area (Å²) < 4.78 is 15.7. The second-order valence-electron chi connectivity index (χ2n) is 4.37. The highest BCUT2D eigenvalue weighted by Crippen LogP contribution is 2.54. The first-order valence-electron chi connectivity index (χ1n) is 5.32. The first-order valence-corrected chi connectivity index (χ1v) is 6.93. The first kappa shape index (κ1) is 16.9. The molecule has 0 amide bonds. The van der Waals surface area contributed by atoms with Crippen molar-refractivity contribution in [3.05, 3.63) is 0 Å². The van der Waals surface area contributed by atoms with E-state index in [4.69, 9.17) is 14.9 Å². The molecule has 0 aromatic carbocycles. The molecule has 1 fully saturated rings. The Kier molecular flexibility index (Phi) is 5.08. The molecular formula is C8H17O10P. The molecular weight excluding hydrogens is 287 g/mol. The highest BCUT2D eigenvalue weighted by Gasteiger charge is 2.57. The summed E-state index contributed by atoms with van der Waals surface area (Å²) in [7, 11) is -5.23. The minimum absolute atomic E-state index is 0.918. The van der Waals surface area contributed by atoms with Gasteiger partial charge in [0.25, 0.3) is 5.53 Å². The molecule has 0 aromatic rings. The Balaban J connectivity index is 3.01. The number of aliphatic hydroxyl groups excluding tert-OH is 5. The van der Waals surface area contributed by atoms with Gasteiger partial charge in [-0.1, -0.05) is 0 Å². The van der Waals surface area contributed by atoms with Crippen LogP contribution in [0.4, 0.5) is 0 Å². The van der Waals surface area contributed by atoms with Crippen LogP contribution in [-0.2, 0) is 9.30 Å². The largest absolute Gasteiger partial charge is 0.394 e. The van der Waals surface area contributed by atoms with Crippen molar-refractivity contribution in [3.8, 4) is 0 Å². The van der Waals surface area contributed by atoms with Crippen molar-refractivity contribution in [2.45, 2.75) is 42.5 Å². The monoisotopic (exact) mass is 304 g/mol. The van der Waals surface area contributed by atoms with Crippen molar-refractivity contribution in [1.29, 1.82) is 0 Å². The Hall–Kier alpha value is -0.130. The zero-order valence-corrected chi connectivity index (χ0v) is 10.5. The van der Waals surface area contributed by atoms with Gasteiger partial charge in [-0.25, -0.2) is 0 Å². The average molecular weight is 304 g/mol. The maximum atomic E-state index is 11.1. The van der Waals surface area contributed by atoms with E-state index in [1.165, 1.54) is 0 Å². The standard InChI is InChI=1S/C8H17O10P/c9-2-4(11)6(13)7-5(12)3(10)1-8(14,18-7)19(15,16)17/h3-7,9-14H,1-2H2,(H2,15,16,17)/t3-,4+,5+,6+,7+,8-/m0/s1. The van der Waals surface area contributed by atoms with Crippen molar-refractivity contribution in [1.82, 2.24) is 0 Å². The maximum Gasteiger partial charge on any atom is 0.384 e. The van der Waals surface area contributed by atoms with Gasteiger partial charge in [0.2, 0.25) is 0 Å². The number of hydrogen-bond acceptors (Lipinski definition) is 8. The normalized spacial score (nSPS) is 39.9. The molecule has 11 heteroatoms. The smallest absolute Gasteiger partial charge is 0.384 e. The predicted molar refractivity (Wildman–Crippen MR) is 57.6 cm³/mol. The van der Waals surface area contributed by atoms with Crippen LogP contribution < -0.4 is 0 Å². The number of aliphatic hydroxyl groups is 6. The van der Waals surface area contributed by atoms with Crippen molar-refractivity contribution in [2.24, 2.45) is 0 Å². The molecule has 1 saturated heterocycles. The summed E-state index contributed by atoms with van der Waals surface area (Å²) in [5.41, 5.74) is -3.09. The van der Waals surface area contributed by atoms with E-state index >= 15 is 0 Å². The Bertz CT molecular complexity index is 357. The third kappa shape index (κ3) is 3.31. The lowest BCUT2D eigenvalue weighted by Gasteiger charge is -2.44. The van der Waals surface area contributed by atoms with Gasteiger partial charge in [0.05, 0.1) is 12.7 Å². The van der Waals surface area contributed by atoms with E-state index in [9.17, 15) is 30.1 Å². The van der Waals surface area contributed by atoms with Gasteiger partial charge < -0.3 is 45.2 Å². The van der Waals surface area contributed by atoms with Crippen LogP contribution in [0.15, 0.2) is 0 Å². The topological polar surface area (TPSA) is 188 Å². The van der Waals surface area contributed by atoms with Crippen LogP contribution in [-0.4, -0.2) is 83.1 Å². The lowest BCUT2D eigenvalue weighted by Crippen LogP contribution is -2.60. The second kappa shape index (κ2) is 5.70. The predicted octanol–water partition coefficient (Wildman–Crippen LogP) is -3.97. The number of rotatable bonds is 4. The van der Waals surface area contributed by atoms with Crippen LogP contribution in [0.25, 0.3) is 0 Å². The number of ether oxygens (including phenoxy) is 1. The van der Waals surface area contributed by atoms with Crippen LogP contribution >= 0.6 is 7.60 Å². The van der Waals surface area contributed by atoms with Gasteiger partial charge in [0.1, 0.15) is 24.4 Å². The maximum absolute atomic E-state index is 11.1. The molecule has 6 atom stereocenters. The molecule has 0 aliphatic carbocycles. The summed E-state index contributed by atoms with van der Waals surface area (Å²) in [6.45, 7) is -0.918. The van der Waals surface area contributed by atoms with Crippen LogP contribution in [0.2, 0.25) is 0 Å². The van der Waals surface area contributed by atoms with Gasteiger partial charge >= 0.3 is 7.60 Å². The molecule has 1 aliphatic rings. The zero-order chi connectivity index (χ0) is 15.0. The first-order chi connectivity index (χ1) is 8.53. The molecule has 0 saturated carbocycles. The Morgan fingerprint density at radius 2 is 1.84 bits per heavy atom. The van der Waals surface area contributed by atoms with Gasteiger partial charge in [-0.2, -0.15) is 0 Å². The van der Waals surface area contributed by atoms with Gasteiger partial charge in [-0.3, -0.25) is 4.57 Å². The summed E-state index contributed by atoms with van der Waals surface area (Å²) in [6.07, 6.45) is -10.2. The summed E-state index contributed by atoms with van der Waals surface area (Å²) in [6, 6.07) is 0. The molecule has 1 heterocycles. The fourth-order valence-electron chi connectivity index (χ4n) is 1.73. The third-order valence-corrected chi connectivity index (χ3v) is 4.10. The van der Waals surface area contributed by atoms with Gasteiger partial charge in [0, 0.05) is 6.42 Å². The van der Waals surface area contributed by atoms with E-state index in [1.807, 2.05) is 0 Å². The molecule has 0 bridgehead atoms. The summed E-state index contributed by atoms with van der Waals surface area (Å²) in [5, 5.41) is 56.1. The summed E-state index contributed by atoms with van der Waals surface area (Å²) in [4.78, 5) is 17.9. The van der Waals surface area contributed by atoms with E-state index in [2.05, 4.69) is 4.74 Å². The third-order valence-electron chi connectivity index (χ3n) is 2.90. The Morgan fingerprint density at radius 1 is 1.32 bits per heavy atom. The van der Waals surface area contributed by atoms with Crippen molar-refractivity contribution < 1.29 is 49.7 Å². The van der Waals surface area contributed by atoms with Crippen molar-refractivity contribution >= 4 is 7.60 Å². The van der Waals surface area contributed by atoms with E-state index in [0.717, 1.165) is 0 Å². The molecule has 8 N–H and O–H groups in total. The average Bonchev–Trinajstić information content (AvgIpc) is 2.30. The van der Waals surface area contributed by atoms with Gasteiger partial charge in [-0.05, 0) is 0 Å². The van der Waals surface area contributed by atoms with Gasteiger partial charge in [0.15, 0.2) is 0 Å². The SMILES string of the molecule is O=P(O)(O)[C@]1(O)C[C@H](O)[C@@H](O)[C@H]([C@H](O)[C@H](O)CO)O1. The van der Waals surface area contributed by atoms with E-state index in [1.54, 1.807) is 0 Å².